The van der Waals surface area contributed by atoms with Gasteiger partial charge >= 0.3 is 17.8 Å². The molecule has 0 bridgehead atoms. The molecule has 1 saturated carbocycles. The lowest BCUT2D eigenvalue weighted by Gasteiger charge is -2.25. The van der Waals surface area contributed by atoms with Gasteiger partial charge in [-0.15, -0.1) is 0 Å². The molecule has 6 nitrogen and oxygen atoms in total. The summed E-state index contributed by atoms with van der Waals surface area (Å²) in [7, 11) is 0. The molecule has 3 N–H and O–H groups in total. The number of anilines is 1. The largest absolute Gasteiger partial charge is 0.481 e. The molecule has 2 unspecified atom stereocenters. The van der Waals surface area contributed by atoms with Gasteiger partial charge in [0.15, 0.2) is 0 Å². The fraction of sp³-hybridized carbons (Fsp3) is 0.571. The van der Waals surface area contributed by atoms with E-state index in [1.54, 1.807) is 6.07 Å². The number of rotatable bonds is 4. The maximum absolute atomic E-state index is 12.4. The molecule has 1 aliphatic rings. The lowest BCUT2D eigenvalue weighted by molar-refractivity contribution is -0.139. The standard InChI is InChI=1S/C21H30N2O4/c1-21(2,3)15-10-7-8-12-17(15)23-20(27)19(26)22-16-11-6-4-5-9-14(16)13-18(24)25/h7-8,10,12,14,16H,4-6,9,11,13H2,1-3H3,(H,22,26)(H,23,27)(H,24,25). The Morgan fingerprint density at radius 2 is 1.70 bits per heavy atom. The van der Waals surface area contributed by atoms with Gasteiger partial charge in [0.05, 0.1) is 6.42 Å². The second-order valence-corrected chi connectivity index (χ2v) is 8.33. The minimum Gasteiger partial charge on any atom is -0.481 e. The Bertz CT molecular complexity index is 694. The first kappa shape index (κ1) is 20.9. The summed E-state index contributed by atoms with van der Waals surface area (Å²) in [4.78, 5) is 36.0. The molecular formula is C21H30N2O4. The maximum Gasteiger partial charge on any atom is 0.313 e. The van der Waals surface area contributed by atoms with Crippen LogP contribution in [0.2, 0.25) is 0 Å². The van der Waals surface area contributed by atoms with Crippen molar-refractivity contribution in [2.45, 2.75) is 70.8 Å². The Labute approximate surface area is 160 Å². The third-order valence-corrected chi connectivity index (χ3v) is 5.10. The monoisotopic (exact) mass is 374 g/mol. The smallest absolute Gasteiger partial charge is 0.313 e. The summed E-state index contributed by atoms with van der Waals surface area (Å²) < 4.78 is 0. The van der Waals surface area contributed by atoms with E-state index >= 15 is 0 Å². The maximum atomic E-state index is 12.4. The van der Waals surface area contributed by atoms with Gasteiger partial charge in [-0.25, -0.2) is 0 Å². The minimum absolute atomic E-state index is 0.0133. The number of amides is 2. The molecule has 1 aliphatic carbocycles. The predicted molar refractivity (Wildman–Crippen MR) is 105 cm³/mol. The summed E-state index contributed by atoms with van der Waals surface area (Å²) in [5, 5.41) is 14.6. The van der Waals surface area contributed by atoms with E-state index in [0.717, 1.165) is 31.2 Å². The van der Waals surface area contributed by atoms with Gasteiger partial charge in [0.2, 0.25) is 0 Å². The number of carboxylic acids is 1. The van der Waals surface area contributed by atoms with Gasteiger partial charge in [-0.2, -0.15) is 0 Å². The second-order valence-electron chi connectivity index (χ2n) is 8.33. The van der Waals surface area contributed by atoms with Crippen LogP contribution in [0.25, 0.3) is 0 Å². The Kier molecular flexibility index (Phi) is 6.99. The first-order chi connectivity index (χ1) is 12.7. The van der Waals surface area contributed by atoms with Gasteiger partial charge in [-0.05, 0) is 35.8 Å². The van der Waals surface area contributed by atoms with Crippen LogP contribution in [0.1, 0.15) is 64.9 Å². The topological polar surface area (TPSA) is 95.5 Å². The summed E-state index contributed by atoms with van der Waals surface area (Å²) in [6.45, 7) is 6.13. The molecule has 0 aliphatic heterocycles. The van der Waals surface area contributed by atoms with Crippen LogP contribution in [0, 0.1) is 5.92 Å². The van der Waals surface area contributed by atoms with Crippen molar-refractivity contribution in [3.63, 3.8) is 0 Å². The van der Waals surface area contributed by atoms with Crippen molar-refractivity contribution < 1.29 is 19.5 Å². The van der Waals surface area contributed by atoms with Crippen LogP contribution < -0.4 is 10.6 Å². The highest BCUT2D eigenvalue weighted by atomic mass is 16.4. The number of hydrogen-bond donors (Lipinski definition) is 3. The molecular weight excluding hydrogens is 344 g/mol. The Morgan fingerprint density at radius 3 is 2.37 bits per heavy atom. The van der Waals surface area contributed by atoms with Crippen LogP contribution in [0.15, 0.2) is 24.3 Å². The van der Waals surface area contributed by atoms with Gasteiger partial charge in [-0.1, -0.05) is 58.2 Å². The van der Waals surface area contributed by atoms with E-state index in [-0.39, 0.29) is 23.8 Å². The summed E-state index contributed by atoms with van der Waals surface area (Å²) >= 11 is 0. The first-order valence-electron chi connectivity index (χ1n) is 9.61. The molecule has 2 atom stereocenters. The Morgan fingerprint density at radius 1 is 1.04 bits per heavy atom. The number of aliphatic carboxylic acids is 1. The van der Waals surface area contributed by atoms with Crippen molar-refractivity contribution in [3.05, 3.63) is 29.8 Å². The fourth-order valence-corrected chi connectivity index (χ4v) is 3.70. The molecule has 1 aromatic rings. The van der Waals surface area contributed by atoms with Gasteiger partial charge in [0.1, 0.15) is 0 Å². The minimum atomic E-state index is -0.871. The predicted octanol–water partition coefficient (Wildman–Crippen LogP) is 3.46. The van der Waals surface area contributed by atoms with E-state index in [4.69, 9.17) is 5.11 Å². The number of nitrogens with one attached hydrogen (secondary N) is 2. The van der Waals surface area contributed by atoms with Crippen LogP contribution in [-0.4, -0.2) is 28.9 Å². The van der Waals surface area contributed by atoms with E-state index in [1.807, 2.05) is 39.0 Å². The third-order valence-electron chi connectivity index (χ3n) is 5.10. The molecule has 6 heteroatoms. The van der Waals surface area contributed by atoms with E-state index in [9.17, 15) is 14.4 Å². The van der Waals surface area contributed by atoms with Crippen LogP contribution in [-0.2, 0) is 19.8 Å². The first-order valence-corrected chi connectivity index (χ1v) is 9.61. The molecule has 0 aromatic heterocycles. The SMILES string of the molecule is CC(C)(C)c1ccccc1NC(=O)C(=O)NC1CCCCCC1CC(=O)O. The summed E-state index contributed by atoms with van der Waals surface area (Å²) in [5.74, 6) is -2.43. The highest BCUT2D eigenvalue weighted by Gasteiger charge is 2.29. The molecule has 0 saturated heterocycles. The third kappa shape index (κ3) is 6.08. The number of carboxylic acid groups (broad SMARTS) is 1. The van der Waals surface area contributed by atoms with Crippen molar-refractivity contribution in [1.29, 1.82) is 0 Å². The van der Waals surface area contributed by atoms with E-state index in [1.165, 1.54) is 0 Å². The zero-order valence-electron chi connectivity index (χ0n) is 16.4. The number of hydrogen-bond acceptors (Lipinski definition) is 3. The fourth-order valence-electron chi connectivity index (χ4n) is 3.70. The van der Waals surface area contributed by atoms with Crippen LogP contribution in [0.5, 0.6) is 0 Å². The molecule has 148 valence electrons. The zero-order valence-corrected chi connectivity index (χ0v) is 16.4. The van der Waals surface area contributed by atoms with Crippen LogP contribution >= 0.6 is 0 Å². The van der Waals surface area contributed by atoms with Gasteiger partial charge in [0.25, 0.3) is 0 Å². The van der Waals surface area contributed by atoms with Gasteiger partial charge in [-0.3, -0.25) is 14.4 Å². The van der Waals surface area contributed by atoms with Crippen molar-refractivity contribution >= 4 is 23.5 Å². The number of carbonyl (C=O) groups is 3. The highest BCUT2D eigenvalue weighted by molar-refractivity contribution is 6.39. The van der Waals surface area contributed by atoms with Crippen molar-refractivity contribution in [2.75, 3.05) is 5.32 Å². The lowest BCUT2D eigenvalue weighted by atomic mass is 9.86. The normalized spacial score (nSPS) is 20.4. The molecule has 0 radical (unpaired) electrons. The molecule has 1 aromatic carbocycles. The van der Waals surface area contributed by atoms with E-state index in [0.29, 0.717) is 12.1 Å². The average molecular weight is 374 g/mol. The highest BCUT2D eigenvalue weighted by Crippen LogP contribution is 2.29. The van der Waals surface area contributed by atoms with Crippen molar-refractivity contribution in [3.8, 4) is 0 Å². The molecule has 27 heavy (non-hydrogen) atoms. The van der Waals surface area contributed by atoms with E-state index < -0.39 is 17.8 Å². The number of benzene rings is 1. The Balaban J connectivity index is 2.07. The van der Waals surface area contributed by atoms with E-state index in [2.05, 4.69) is 10.6 Å². The lowest BCUT2D eigenvalue weighted by Crippen LogP contribution is -2.45. The summed E-state index contributed by atoms with van der Waals surface area (Å²) in [6, 6.07) is 7.15. The number of para-hydroxylation sites is 1. The van der Waals surface area contributed by atoms with Crippen molar-refractivity contribution in [1.82, 2.24) is 5.32 Å². The quantitative estimate of drug-likeness (QED) is 0.555. The van der Waals surface area contributed by atoms with Gasteiger partial charge < -0.3 is 15.7 Å². The second kappa shape index (κ2) is 9.02. The zero-order chi connectivity index (χ0) is 20.0. The summed E-state index contributed by atoms with van der Waals surface area (Å²) in [5.41, 5.74) is 1.39. The summed E-state index contributed by atoms with van der Waals surface area (Å²) in [6.07, 6.45) is 4.37. The van der Waals surface area contributed by atoms with Crippen LogP contribution in [0.3, 0.4) is 0 Å². The number of carbonyl (C=O) groups excluding carboxylic acids is 2. The van der Waals surface area contributed by atoms with Crippen LogP contribution in [0.4, 0.5) is 5.69 Å². The van der Waals surface area contributed by atoms with Gasteiger partial charge in [0, 0.05) is 11.7 Å². The average Bonchev–Trinajstić information content (AvgIpc) is 2.79. The molecule has 2 amide bonds. The molecule has 0 heterocycles. The molecule has 0 spiro atoms. The molecule has 1 fully saturated rings. The Hall–Kier alpha value is -2.37. The van der Waals surface area contributed by atoms with Crippen molar-refractivity contribution in [2.24, 2.45) is 5.92 Å². The molecule has 2 rings (SSSR count).